The lowest BCUT2D eigenvalue weighted by Crippen LogP contribution is -2.39. The Labute approximate surface area is 144 Å². The van der Waals surface area contributed by atoms with Crippen molar-refractivity contribution in [1.82, 2.24) is 4.90 Å². The Morgan fingerprint density at radius 3 is 2.67 bits per heavy atom. The average molecular weight is 331 g/mol. The van der Waals surface area contributed by atoms with Gasteiger partial charge < -0.3 is 14.7 Å². The quantitative estimate of drug-likeness (QED) is 0.868. The molecule has 1 N–H and O–H groups in total. The molecule has 2 atom stereocenters. The molecule has 0 bridgehead atoms. The number of piperidine rings is 1. The first kappa shape index (κ1) is 17.4. The maximum atomic E-state index is 11.3. The van der Waals surface area contributed by atoms with E-state index in [2.05, 4.69) is 35.2 Å². The zero-order valence-electron chi connectivity index (χ0n) is 14.4. The summed E-state index contributed by atoms with van der Waals surface area (Å²) in [6, 6.07) is 10.8. The van der Waals surface area contributed by atoms with Gasteiger partial charge in [0.25, 0.3) is 0 Å². The van der Waals surface area contributed by atoms with Crippen molar-refractivity contribution in [2.45, 2.75) is 38.0 Å². The number of likely N-dealkylation sites (tertiary alicyclic amines) is 1. The molecule has 0 spiro atoms. The average Bonchev–Trinajstić information content (AvgIpc) is 2.64. The van der Waals surface area contributed by atoms with Crippen molar-refractivity contribution in [3.63, 3.8) is 0 Å². The molecule has 0 aliphatic carbocycles. The van der Waals surface area contributed by atoms with E-state index < -0.39 is 5.97 Å². The summed E-state index contributed by atoms with van der Waals surface area (Å²) in [5.41, 5.74) is 1.43. The Morgan fingerprint density at radius 2 is 1.96 bits per heavy atom. The molecule has 3 rings (SSSR count). The first-order valence-corrected chi connectivity index (χ1v) is 9.32. The summed E-state index contributed by atoms with van der Waals surface area (Å²) in [5, 5.41) is 9.27. The normalized spacial score (nSPS) is 24.6. The number of ether oxygens (including phenoxy) is 1. The monoisotopic (exact) mass is 331 g/mol. The van der Waals surface area contributed by atoms with E-state index >= 15 is 0 Å². The largest absolute Gasteiger partial charge is 0.481 e. The zero-order chi connectivity index (χ0) is 16.8. The maximum Gasteiger partial charge on any atom is 0.307 e. The van der Waals surface area contributed by atoms with Gasteiger partial charge in [-0.2, -0.15) is 0 Å². The fraction of sp³-hybridized carbons (Fsp3) is 0.650. The fourth-order valence-corrected chi connectivity index (χ4v) is 4.27. The van der Waals surface area contributed by atoms with Gasteiger partial charge in [0, 0.05) is 19.8 Å². The van der Waals surface area contributed by atoms with E-state index in [1.807, 2.05) is 0 Å². The second-order valence-electron chi connectivity index (χ2n) is 7.23. The third-order valence-electron chi connectivity index (χ3n) is 5.67. The van der Waals surface area contributed by atoms with E-state index in [0.29, 0.717) is 18.4 Å². The highest BCUT2D eigenvalue weighted by atomic mass is 16.5. The van der Waals surface area contributed by atoms with E-state index in [-0.39, 0.29) is 5.92 Å². The number of nitrogens with zero attached hydrogens (tertiary/aromatic N) is 1. The van der Waals surface area contributed by atoms with Crippen molar-refractivity contribution in [2.75, 3.05) is 32.8 Å². The summed E-state index contributed by atoms with van der Waals surface area (Å²) in [6.45, 7) is 4.50. The molecule has 1 aromatic carbocycles. The number of benzene rings is 1. The van der Waals surface area contributed by atoms with Gasteiger partial charge >= 0.3 is 5.97 Å². The zero-order valence-corrected chi connectivity index (χ0v) is 14.4. The Kier molecular flexibility index (Phi) is 6.27. The van der Waals surface area contributed by atoms with E-state index in [0.717, 1.165) is 58.4 Å². The summed E-state index contributed by atoms with van der Waals surface area (Å²) in [5.74, 6) is 0.419. The van der Waals surface area contributed by atoms with Crippen molar-refractivity contribution in [1.29, 1.82) is 0 Å². The van der Waals surface area contributed by atoms with Crippen molar-refractivity contribution >= 4 is 5.97 Å². The first-order chi connectivity index (χ1) is 11.7. The van der Waals surface area contributed by atoms with Crippen LogP contribution >= 0.6 is 0 Å². The van der Waals surface area contributed by atoms with Gasteiger partial charge in [-0.05, 0) is 62.6 Å². The highest BCUT2D eigenvalue weighted by Gasteiger charge is 2.28. The second kappa shape index (κ2) is 8.63. The van der Waals surface area contributed by atoms with Gasteiger partial charge in [0.05, 0.1) is 5.92 Å². The Bertz CT molecular complexity index is 513. The van der Waals surface area contributed by atoms with Crippen LogP contribution < -0.4 is 0 Å². The lowest BCUT2D eigenvalue weighted by Gasteiger charge is -2.35. The minimum absolute atomic E-state index is 0.183. The molecule has 0 saturated carbocycles. The Morgan fingerprint density at radius 1 is 1.21 bits per heavy atom. The van der Waals surface area contributed by atoms with Crippen LogP contribution in [0, 0.1) is 11.8 Å². The Balaban J connectivity index is 1.62. The van der Waals surface area contributed by atoms with Crippen molar-refractivity contribution in [3.05, 3.63) is 35.9 Å². The number of carbonyl (C=O) groups is 1. The van der Waals surface area contributed by atoms with E-state index in [1.165, 1.54) is 5.56 Å². The molecule has 2 saturated heterocycles. The Hall–Kier alpha value is -1.39. The van der Waals surface area contributed by atoms with Gasteiger partial charge in [0.2, 0.25) is 0 Å². The molecule has 2 fully saturated rings. The first-order valence-electron chi connectivity index (χ1n) is 9.32. The molecule has 2 aliphatic heterocycles. The molecule has 2 aliphatic rings. The van der Waals surface area contributed by atoms with Crippen LogP contribution in [0.1, 0.15) is 43.6 Å². The molecule has 0 radical (unpaired) electrons. The number of rotatable bonds is 6. The fourth-order valence-electron chi connectivity index (χ4n) is 4.27. The van der Waals surface area contributed by atoms with Crippen LogP contribution in [0.15, 0.2) is 30.3 Å². The highest BCUT2D eigenvalue weighted by Crippen LogP contribution is 2.35. The molecule has 0 amide bonds. The molecule has 1 aromatic rings. The molecule has 4 nitrogen and oxygen atoms in total. The summed E-state index contributed by atoms with van der Waals surface area (Å²) in [7, 11) is 0. The summed E-state index contributed by atoms with van der Waals surface area (Å²) >= 11 is 0. The van der Waals surface area contributed by atoms with Crippen molar-refractivity contribution < 1.29 is 14.6 Å². The molecule has 4 heteroatoms. The number of aliphatic carboxylic acids is 1. The predicted molar refractivity (Wildman–Crippen MR) is 94.1 cm³/mol. The number of hydrogen-bond donors (Lipinski definition) is 1. The van der Waals surface area contributed by atoms with Gasteiger partial charge in [-0.1, -0.05) is 30.3 Å². The standard InChI is InChI=1S/C20H29NO3/c22-20(23)18-7-4-11-21(15-18)12-8-19(16-5-2-1-3-6-16)17-9-13-24-14-10-17/h1-3,5-6,17-19H,4,7-15H2,(H,22,23). The van der Waals surface area contributed by atoms with Gasteiger partial charge in [-0.25, -0.2) is 0 Å². The van der Waals surface area contributed by atoms with Gasteiger partial charge in [-0.15, -0.1) is 0 Å². The summed E-state index contributed by atoms with van der Waals surface area (Å²) < 4.78 is 5.54. The van der Waals surface area contributed by atoms with Crippen LogP contribution in [0.2, 0.25) is 0 Å². The summed E-state index contributed by atoms with van der Waals surface area (Å²) in [4.78, 5) is 13.6. The summed E-state index contributed by atoms with van der Waals surface area (Å²) in [6.07, 6.45) is 5.22. The molecule has 0 aromatic heterocycles. The van der Waals surface area contributed by atoms with Crippen LogP contribution in [-0.4, -0.2) is 48.8 Å². The SMILES string of the molecule is O=C(O)C1CCCN(CCC(c2ccccc2)C2CCOCC2)C1. The molecule has 2 heterocycles. The third-order valence-corrected chi connectivity index (χ3v) is 5.67. The van der Waals surface area contributed by atoms with Crippen LogP contribution in [0.5, 0.6) is 0 Å². The minimum atomic E-state index is -0.635. The molecule has 24 heavy (non-hydrogen) atoms. The van der Waals surface area contributed by atoms with E-state index in [1.54, 1.807) is 0 Å². The van der Waals surface area contributed by atoms with Crippen molar-refractivity contribution in [2.24, 2.45) is 11.8 Å². The van der Waals surface area contributed by atoms with Crippen LogP contribution in [0.25, 0.3) is 0 Å². The van der Waals surface area contributed by atoms with E-state index in [9.17, 15) is 9.90 Å². The molecule has 132 valence electrons. The van der Waals surface area contributed by atoms with Gasteiger partial charge in [-0.3, -0.25) is 4.79 Å². The third kappa shape index (κ3) is 4.58. The van der Waals surface area contributed by atoms with Crippen LogP contribution in [0.3, 0.4) is 0 Å². The lowest BCUT2D eigenvalue weighted by atomic mass is 9.79. The predicted octanol–water partition coefficient (Wildman–Crippen LogP) is 3.38. The highest BCUT2D eigenvalue weighted by molar-refractivity contribution is 5.70. The number of carboxylic acid groups (broad SMARTS) is 1. The van der Waals surface area contributed by atoms with Crippen LogP contribution in [0.4, 0.5) is 0 Å². The smallest absolute Gasteiger partial charge is 0.307 e. The lowest BCUT2D eigenvalue weighted by molar-refractivity contribution is -0.143. The minimum Gasteiger partial charge on any atom is -0.481 e. The molecular formula is C20H29NO3. The van der Waals surface area contributed by atoms with Gasteiger partial charge in [0.15, 0.2) is 0 Å². The molecular weight excluding hydrogens is 302 g/mol. The van der Waals surface area contributed by atoms with Gasteiger partial charge in [0.1, 0.15) is 0 Å². The number of carboxylic acids is 1. The van der Waals surface area contributed by atoms with E-state index in [4.69, 9.17) is 4.74 Å². The molecule has 2 unspecified atom stereocenters. The van der Waals surface area contributed by atoms with Crippen molar-refractivity contribution in [3.8, 4) is 0 Å². The topological polar surface area (TPSA) is 49.8 Å². The maximum absolute atomic E-state index is 11.3. The van der Waals surface area contributed by atoms with Crippen LogP contribution in [-0.2, 0) is 9.53 Å². The second-order valence-corrected chi connectivity index (χ2v) is 7.23. The number of hydrogen-bond acceptors (Lipinski definition) is 3.